The summed E-state index contributed by atoms with van der Waals surface area (Å²) >= 11 is 3.45. The molecule has 16 heavy (non-hydrogen) atoms. The van der Waals surface area contributed by atoms with E-state index < -0.39 is 0 Å². The molecule has 1 aromatic carbocycles. The maximum Gasteiger partial charge on any atom is 0.119 e. The van der Waals surface area contributed by atoms with E-state index in [9.17, 15) is 0 Å². The van der Waals surface area contributed by atoms with Crippen molar-refractivity contribution >= 4 is 15.9 Å². The molecule has 0 bridgehead atoms. The molecule has 90 valence electrons. The Labute approximate surface area is 107 Å². The van der Waals surface area contributed by atoms with Gasteiger partial charge >= 0.3 is 0 Å². The van der Waals surface area contributed by atoms with E-state index in [1.807, 2.05) is 0 Å². The van der Waals surface area contributed by atoms with E-state index in [0.717, 1.165) is 30.5 Å². The number of rotatable bonds is 8. The summed E-state index contributed by atoms with van der Waals surface area (Å²) in [4.78, 5) is 0. The second-order valence-corrected chi connectivity index (χ2v) is 4.79. The zero-order valence-electron chi connectivity index (χ0n) is 10.0. The molecule has 1 aromatic rings. The minimum Gasteiger partial charge on any atom is -0.494 e. The molecule has 0 unspecified atom stereocenters. The number of aryl methyl sites for hydroxylation is 1. The zero-order chi connectivity index (χ0) is 11.6. The third-order valence-corrected chi connectivity index (χ3v) is 3.10. The van der Waals surface area contributed by atoms with Crippen molar-refractivity contribution in [3.8, 4) is 5.75 Å². The van der Waals surface area contributed by atoms with Crippen LogP contribution in [0.25, 0.3) is 0 Å². The lowest BCUT2D eigenvalue weighted by molar-refractivity contribution is 0.306. The lowest BCUT2D eigenvalue weighted by atomic mass is 10.1. The van der Waals surface area contributed by atoms with Gasteiger partial charge in [-0.2, -0.15) is 0 Å². The molecule has 0 N–H and O–H groups in total. The number of alkyl halides is 1. The molecule has 0 spiro atoms. The highest BCUT2D eigenvalue weighted by molar-refractivity contribution is 9.09. The average Bonchev–Trinajstić information content (AvgIpc) is 2.33. The Morgan fingerprint density at radius 1 is 1.06 bits per heavy atom. The van der Waals surface area contributed by atoms with E-state index in [1.54, 1.807) is 0 Å². The van der Waals surface area contributed by atoms with E-state index in [1.165, 1.54) is 24.8 Å². The molecule has 0 aliphatic heterocycles. The molecule has 1 nitrogen and oxygen atoms in total. The van der Waals surface area contributed by atoms with E-state index >= 15 is 0 Å². The van der Waals surface area contributed by atoms with Crippen LogP contribution in [0.2, 0.25) is 0 Å². The second-order valence-electron chi connectivity index (χ2n) is 3.99. The molecule has 0 aliphatic carbocycles. The summed E-state index contributed by atoms with van der Waals surface area (Å²) in [5.41, 5.74) is 1.39. The van der Waals surface area contributed by atoms with Crippen LogP contribution in [-0.2, 0) is 6.42 Å². The van der Waals surface area contributed by atoms with Gasteiger partial charge in [-0.25, -0.2) is 0 Å². The summed E-state index contributed by atoms with van der Waals surface area (Å²) < 4.78 is 5.66. The Morgan fingerprint density at radius 3 is 2.44 bits per heavy atom. The number of unbranched alkanes of at least 4 members (excludes halogenated alkanes) is 2. The van der Waals surface area contributed by atoms with Gasteiger partial charge in [0.2, 0.25) is 0 Å². The summed E-state index contributed by atoms with van der Waals surface area (Å²) in [7, 11) is 0. The smallest absolute Gasteiger partial charge is 0.119 e. The standard InChI is InChI=1S/C14H21BrO/c1-2-3-4-12-16-14-9-7-13(8-10-14)6-5-11-15/h7-10H,2-6,11-12H2,1H3. The number of hydrogen-bond acceptors (Lipinski definition) is 1. The molecule has 0 heterocycles. The van der Waals surface area contributed by atoms with Crippen molar-refractivity contribution in [3.05, 3.63) is 29.8 Å². The van der Waals surface area contributed by atoms with Crippen LogP contribution in [-0.4, -0.2) is 11.9 Å². The van der Waals surface area contributed by atoms with Crippen LogP contribution >= 0.6 is 15.9 Å². The van der Waals surface area contributed by atoms with E-state index in [-0.39, 0.29) is 0 Å². The van der Waals surface area contributed by atoms with Crippen LogP contribution in [0.15, 0.2) is 24.3 Å². The molecule has 0 atom stereocenters. The Balaban J connectivity index is 2.27. The summed E-state index contributed by atoms with van der Waals surface area (Å²) in [5.74, 6) is 0.999. The van der Waals surface area contributed by atoms with Gasteiger partial charge in [-0.05, 0) is 37.0 Å². The van der Waals surface area contributed by atoms with Gasteiger partial charge in [0.1, 0.15) is 5.75 Å². The van der Waals surface area contributed by atoms with Gasteiger partial charge < -0.3 is 4.74 Å². The highest BCUT2D eigenvalue weighted by Crippen LogP contribution is 2.14. The second kappa shape index (κ2) is 8.63. The molecule has 0 saturated carbocycles. The van der Waals surface area contributed by atoms with Crippen LogP contribution in [0.5, 0.6) is 5.75 Å². The zero-order valence-corrected chi connectivity index (χ0v) is 11.6. The van der Waals surface area contributed by atoms with Crippen LogP contribution in [0.3, 0.4) is 0 Å². The minimum atomic E-state index is 0.842. The van der Waals surface area contributed by atoms with Gasteiger partial charge in [-0.1, -0.05) is 47.8 Å². The SMILES string of the molecule is CCCCCOc1ccc(CCCBr)cc1. The third kappa shape index (κ3) is 5.55. The topological polar surface area (TPSA) is 9.23 Å². The van der Waals surface area contributed by atoms with Crippen molar-refractivity contribution in [3.63, 3.8) is 0 Å². The summed E-state index contributed by atoms with van der Waals surface area (Å²) in [5, 5.41) is 1.07. The van der Waals surface area contributed by atoms with Crippen LogP contribution in [0.1, 0.15) is 38.2 Å². The molecule has 1 rings (SSSR count). The predicted octanol–water partition coefficient (Wildman–Crippen LogP) is 4.58. The van der Waals surface area contributed by atoms with Crippen molar-refractivity contribution in [2.45, 2.75) is 39.0 Å². The van der Waals surface area contributed by atoms with Crippen LogP contribution < -0.4 is 4.74 Å². The lowest BCUT2D eigenvalue weighted by Crippen LogP contribution is -1.97. The van der Waals surface area contributed by atoms with E-state index in [0.29, 0.717) is 0 Å². The first-order chi connectivity index (χ1) is 7.86. The fourth-order valence-corrected chi connectivity index (χ4v) is 1.85. The number of ether oxygens (including phenoxy) is 1. The molecule has 0 amide bonds. The molecule has 0 radical (unpaired) electrons. The molecule has 0 fully saturated rings. The van der Waals surface area contributed by atoms with Crippen molar-refractivity contribution < 1.29 is 4.74 Å². The van der Waals surface area contributed by atoms with Gasteiger partial charge in [0.15, 0.2) is 0 Å². The van der Waals surface area contributed by atoms with Gasteiger partial charge in [0.25, 0.3) is 0 Å². The summed E-state index contributed by atoms with van der Waals surface area (Å²) in [6.07, 6.45) is 5.98. The van der Waals surface area contributed by atoms with Crippen LogP contribution in [0.4, 0.5) is 0 Å². The lowest BCUT2D eigenvalue weighted by Gasteiger charge is -2.06. The van der Waals surface area contributed by atoms with Gasteiger partial charge in [-0.15, -0.1) is 0 Å². The highest BCUT2D eigenvalue weighted by atomic mass is 79.9. The maximum atomic E-state index is 5.66. The Hall–Kier alpha value is -0.500. The Bertz CT molecular complexity index is 269. The van der Waals surface area contributed by atoms with Crippen molar-refractivity contribution in [2.24, 2.45) is 0 Å². The Morgan fingerprint density at radius 2 is 1.81 bits per heavy atom. The number of benzene rings is 1. The van der Waals surface area contributed by atoms with Crippen LogP contribution in [0, 0.1) is 0 Å². The largest absolute Gasteiger partial charge is 0.494 e. The quantitative estimate of drug-likeness (QED) is 0.501. The predicted molar refractivity (Wildman–Crippen MR) is 73.6 cm³/mol. The molecular formula is C14H21BrO. The van der Waals surface area contributed by atoms with Crippen molar-refractivity contribution in [1.82, 2.24) is 0 Å². The number of hydrogen-bond donors (Lipinski definition) is 0. The molecule has 0 aromatic heterocycles. The maximum absolute atomic E-state index is 5.66. The molecular weight excluding hydrogens is 264 g/mol. The first-order valence-corrected chi connectivity index (χ1v) is 7.26. The third-order valence-electron chi connectivity index (χ3n) is 2.54. The summed E-state index contributed by atoms with van der Waals surface area (Å²) in [6, 6.07) is 8.49. The van der Waals surface area contributed by atoms with E-state index in [2.05, 4.69) is 47.1 Å². The first-order valence-electron chi connectivity index (χ1n) is 6.14. The van der Waals surface area contributed by atoms with Crippen molar-refractivity contribution in [2.75, 3.05) is 11.9 Å². The Kier molecular flexibility index (Phi) is 7.32. The van der Waals surface area contributed by atoms with Gasteiger partial charge in [0, 0.05) is 5.33 Å². The molecule has 2 heteroatoms. The monoisotopic (exact) mass is 284 g/mol. The first kappa shape index (κ1) is 13.6. The molecule has 0 aliphatic rings. The summed E-state index contributed by atoms with van der Waals surface area (Å²) in [6.45, 7) is 3.05. The van der Waals surface area contributed by atoms with E-state index in [4.69, 9.17) is 4.74 Å². The minimum absolute atomic E-state index is 0.842. The number of halogens is 1. The van der Waals surface area contributed by atoms with Gasteiger partial charge in [0.05, 0.1) is 6.61 Å². The normalized spacial score (nSPS) is 10.4. The van der Waals surface area contributed by atoms with Crippen molar-refractivity contribution in [1.29, 1.82) is 0 Å². The highest BCUT2D eigenvalue weighted by Gasteiger charge is 1.95. The molecule has 0 saturated heterocycles. The average molecular weight is 285 g/mol. The fourth-order valence-electron chi connectivity index (χ4n) is 1.57. The van der Waals surface area contributed by atoms with Gasteiger partial charge in [-0.3, -0.25) is 0 Å². The fraction of sp³-hybridized carbons (Fsp3) is 0.571.